The van der Waals surface area contributed by atoms with Crippen LogP contribution in [0.5, 0.6) is 0 Å². The van der Waals surface area contributed by atoms with Crippen LogP contribution < -0.4 is 5.32 Å². The van der Waals surface area contributed by atoms with Crippen LogP contribution in [0.4, 0.5) is 5.69 Å². The number of carbonyl (C=O) groups is 1. The van der Waals surface area contributed by atoms with Crippen LogP contribution in [0, 0.1) is 13.8 Å². The topological polar surface area (TPSA) is 97.2 Å². The van der Waals surface area contributed by atoms with Crippen LogP contribution in [0.1, 0.15) is 18.3 Å². The third-order valence-corrected chi connectivity index (χ3v) is 6.89. The van der Waals surface area contributed by atoms with Crippen molar-refractivity contribution < 1.29 is 13.2 Å². The highest BCUT2D eigenvalue weighted by atomic mass is 32.2. The molecule has 0 radical (unpaired) electrons. The lowest BCUT2D eigenvalue weighted by atomic mass is 10.2. The van der Waals surface area contributed by atoms with Gasteiger partial charge in [-0.3, -0.25) is 4.79 Å². The maximum Gasteiger partial charge on any atom is 0.242 e. The summed E-state index contributed by atoms with van der Waals surface area (Å²) in [5.41, 5.74) is 1.25. The van der Waals surface area contributed by atoms with Gasteiger partial charge in [0, 0.05) is 26.8 Å². The van der Waals surface area contributed by atoms with E-state index in [9.17, 15) is 13.2 Å². The minimum atomic E-state index is -3.57. The Bertz CT molecular complexity index is 922. The van der Waals surface area contributed by atoms with Crippen molar-refractivity contribution in [2.75, 3.05) is 19.4 Å². The first-order chi connectivity index (χ1) is 12.0. The number of thioether (sulfide) groups is 1. The van der Waals surface area contributed by atoms with Crippen molar-refractivity contribution in [3.63, 3.8) is 0 Å². The summed E-state index contributed by atoms with van der Waals surface area (Å²) in [7, 11) is 1.20. The number of carbonyl (C=O) groups excluding carboxylic acids is 1. The van der Waals surface area contributed by atoms with Crippen LogP contribution >= 0.6 is 11.8 Å². The molecule has 1 amide bonds. The van der Waals surface area contributed by atoms with Gasteiger partial charge in [0.2, 0.25) is 15.9 Å². The van der Waals surface area contributed by atoms with Crippen LogP contribution in [0.2, 0.25) is 0 Å². The van der Waals surface area contributed by atoms with Crippen LogP contribution in [-0.2, 0) is 21.9 Å². The second-order valence-corrected chi connectivity index (χ2v) is 9.56. The Labute approximate surface area is 158 Å². The Balaban J connectivity index is 2.19. The molecule has 26 heavy (non-hydrogen) atoms. The van der Waals surface area contributed by atoms with Gasteiger partial charge in [0.15, 0.2) is 5.16 Å². The smallest absolute Gasteiger partial charge is 0.242 e. The van der Waals surface area contributed by atoms with Gasteiger partial charge >= 0.3 is 0 Å². The fourth-order valence-corrected chi connectivity index (χ4v) is 3.83. The number of rotatable bonds is 6. The molecule has 8 nitrogen and oxygen atoms in total. The summed E-state index contributed by atoms with van der Waals surface area (Å²) in [5.74, 6) is 0.524. The molecular weight excluding hydrogens is 374 g/mol. The van der Waals surface area contributed by atoms with Crippen LogP contribution in [0.15, 0.2) is 28.3 Å². The van der Waals surface area contributed by atoms with Gasteiger partial charge in [0.25, 0.3) is 0 Å². The maximum absolute atomic E-state index is 12.5. The van der Waals surface area contributed by atoms with Gasteiger partial charge < -0.3 is 9.88 Å². The van der Waals surface area contributed by atoms with Gasteiger partial charge in [0.05, 0.1) is 10.1 Å². The lowest BCUT2D eigenvalue weighted by Gasteiger charge is -2.16. The highest BCUT2D eigenvalue weighted by molar-refractivity contribution is 8.00. The van der Waals surface area contributed by atoms with Gasteiger partial charge in [-0.05, 0) is 38.5 Å². The third kappa shape index (κ3) is 4.25. The van der Waals surface area contributed by atoms with Crippen molar-refractivity contribution in [3.8, 4) is 0 Å². The lowest BCUT2D eigenvalue weighted by Crippen LogP contribution is -2.25. The molecule has 2 aromatic rings. The Morgan fingerprint density at radius 1 is 1.27 bits per heavy atom. The molecule has 10 heteroatoms. The van der Waals surface area contributed by atoms with Crippen LogP contribution in [0.3, 0.4) is 0 Å². The number of nitrogens with one attached hydrogen (secondary N) is 1. The zero-order valence-corrected chi connectivity index (χ0v) is 17.3. The van der Waals surface area contributed by atoms with E-state index in [1.54, 1.807) is 13.0 Å². The molecule has 142 valence electrons. The van der Waals surface area contributed by atoms with Gasteiger partial charge in [0.1, 0.15) is 5.82 Å². The summed E-state index contributed by atoms with van der Waals surface area (Å²) in [5, 5.41) is 11.0. The van der Waals surface area contributed by atoms with Crippen molar-refractivity contribution in [1.29, 1.82) is 0 Å². The van der Waals surface area contributed by atoms with Crippen LogP contribution in [0.25, 0.3) is 0 Å². The van der Waals surface area contributed by atoms with Crippen molar-refractivity contribution in [2.24, 2.45) is 7.05 Å². The van der Waals surface area contributed by atoms with E-state index >= 15 is 0 Å². The number of aromatic nitrogens is 3. The maximum atomic E-state index is 12.5. The third-order valence-electron chi connectivity index (χ3n) is 3.95. The van der Waals surface area contributed by atoms with E-state index in [4.69, 9.17) is 0 Å². The summed E-state index contributed by atoms with van der Waals surface area (Å²) < 4.78 is 27.5. The standard InChI is InChI=1S/C16H23N5O3S2/c1-10-7-8-13(26(23,24)20(4)5)9-14(10)17-15(22)11(2)25-16-19-18-12(3)21(16)6/h7-9,11H,1-6H3,(H,17,22). The predicted molar refractivity (Wildman–Crippen MR) is 102 cm³/mol. The normalized spacial score (nSPS) is 13.0. The van der Waals surface area contributed by atoms with Crippen molar-refractivity contribution in [3.05, 3.63) is 29.6 Å². The first-order valence-electron chi connectivity index (χ1n) is 7.90. The molecule has 0 aliphatic rings. The average molecular weight is 398 g/mol. The minimum absolute atomic E-state index is 0.132. The molecule has 1 unspecified atom stereocenters. The van der Waals surface area contributed by atoms with Crippen molar-refractivity contribution in [1.82, 2.24) is 19.1 Å². The number of anilines is 1. The molecule has 0 spiro atoms. The molecule has 1 N–H and O–H groups in total. The van der Waals surface area contributed by atoms with Gasteiger partial charge in [-0.2, -0.15) is 0 Å². The lowest BCUT2D eigenvalue weighted by molar-refractivity contribution is -0.115. The van der Waals surface area contributed by atoms with Gasteiger partial charge in [-0.25, -0.2) is 12.7 Å². The molecule has 1 aromatic carbocycles. The van der Waals surface area contributed by atoms with E-state index in [2.05, 4.69) is 15.5 Å². The fourth-order valence-electron chi connectivity index (χ4n) is 2.04. The number of amides is 1. The van der Waals surface area contributed by atoms with E-state index in [1.807, 2.05) is 25.5 Å². The van der Waals surface area contributed by atoms with E-state index in [0.29, 0.717) is 10.8 Å². The number of hydrogen-bond acceptors (Lipinski definition) is 6. The molecule has 0 fully saturated rings. The minimum Gasteiger partial charge on any atom is -0.325 e. The summed E-state index contributed by atoms with van der Waals surface area (Å²) in [6.45, 7) is 5.41. The zero-order valence-electron chi connectivity index (χ0n) is 15.6. The van der Waals surface area contributed by atoms with E-state index in [1.165, 1.54) is 38.0 Å². The molecular formula is C16H23N5O3S2. The van der Waals surface area contributed by atoms with Crippen LogP contribution in [-0.4, -0.2) is 52.7 Å². The SMILES string of the molecule is Cc1ccc(S(=O)(=O)N(C)C)cc1NC(=O)C(C)Sc1nnc(C)n1C. The predicted octanol–water partition coefficient (Wildman–Crippen LogP) is 1.80. The molecule has 0 aliphatic carbocycles. The molecule has 0 aliphatic heterocycles. The summed E-state index contributed by atoms with van der Waals surface area (Å²) in [6.07, 6.45) is 0. The highest BCUT2D eigenvalue weighted by Crippen LogP contribution is 2.25. The molecule has 1 aromatic heterocycles. The zero-order chi connectivity index (χ0) is 19.6. The summed E-state index contributed by atoms with van der Waals surface area (Å²) in [6, 6.07) is 4.68. The van der Waals surface area contributed by atoms with Gasteiger partial charge in [-0.15, -0.1) is 10.2 Å². The number of nitrogens with zero attached hydrogens (tertiary/aromatic N) is 4. The first-order valence-corrected chi connectivity index (χ1v) is 10.2. The number of sulfonamides is 1. The van der Waals surface area contributed by atoms with Crippen molar-refractivity contribution in [2.45, 2.75) is 36.1 Å². The number of hydrogen-bond donors (Lipinski definition) is 1. The first kappa shape index (κ1) is 20.4. The highest BCUT2D eigenvalue weighted by Gasteiger charge is 2.21. The molecule has 0 saturated carbocycles. The Morgan fingerprint density at radius 2 is 1.92 bits per heavy atom. The second-order valence-electron chi connectivity index (χ2n) is 6.10. The quantitative estimate of drug-likeness (QED) is 0.747. The summed E-state index contributed by atoms with van der Waals surface area (Å²) in [4.78, 5) is 12.7. The fraction of sp³-hybridized carbons (Fsp3) is 0.438. The second kappa shape index (κ2) is 7.77. The molecule has 1 heterocycles. The Kier molecular flexibility index (Phi) is 6.09. The molecule has 0 bridgehead atoms. The van der Waals surface area contributed by atoms with Gasteiger partial charge in [-0.1, -0.05) is 17.8 Å². The molecule has 1 atom stereocenters. The Hall–Kier alpha value is -1.91. The van der Waals surface area contributed by atoms with E-state index in [-0.39, 0.29) is 10.8 Å². The molecule has 2 rings (SSSR count). The summed E-state index contributed by atoms with van der Waals surface area (Å²) >= 11 is 1.29. The number of aryl methyl sites for hydroxylation is 2. The molecule has 0 saturated heterocycles. The monoisotopic (exact) mass is 397 g/mol. The van der Waals surface area contributed by atoms with E-state index in [0.717, 1.165) is 15.7 Å². The van der Waals surface area contributed by atoms with Crippen molar-refractivity contribution >= 4 is 33.4 Å². The largest absolute Gasteiger partial charge is 0.325 e. The average Bonchev–Trinajstić information content (AvgIpc) is 2.88. The van der Waals surface area contributed by atoms with E-state index < -0.39 is 15.3 Å². The number of benzene rings is 1. The Morgan fingerprint density at radius 3 is 2.46 bits per heavy atom.